The molecule has 150 valence electrons. The van der Waals surface area contributed by atoms with Gasteiger partial charge in [-0.3, -0.25) is 9.59 Å². The zero-order chi connectivity index (χ0) is 20.9. The summed E-state index contributed by atoms with van der Waals surface area (Å²) >= 11 is 0. The molecular weight excluding hydrogens is 408 g/mol. The molecule has 8 nitrogen and oxygen atoms in total. The van der Waals surface area contributed by atoms with E-state index in [2.05, 4.69) is 8.37 Å². The lowest BCUT2D eigenvalue weighted by Gasteiger charge is -2.07. The van der Waals surface area contributed by atoms with E-state index >= 15 is 0 Å². The van der Waals surface area contributed by atoms with E-state index in [4.69, 9.17) is 0 Å². The van der Waals surface area contributed by atoms with Crippen molar-refractivity contribution in [3.63, 3.8) is 0 Å². The standard InChI is InChI=1S/C18H18O8S2/c1-13-3-7-15(8-4-13)27(21,22)25-17(19)11-12-18(20)26-28(23,24)16-9-5-14(2)6-10-16/h3-10H,11-12H2,1-2H3. The molecule has 0 unspecified atom stereocenters. The molecule has 0 bridgehead atoms. The summed E-state index contributed by atoms with van der Waals surface area (Å²) in [5.41, 5.74) is 1.64. The van der Waals surface area contributed by atoms with Crippen LogP contribution in [-0.2, 0) is 38.2 Å². The van der Waals surface area contributed by atoms with Crippen LogP contribution in [0, 0.1) is 13.8 Å². The summed E-state index contributed by atoms with van der Waals surface area (Å²) in [6, 6.07) is 11.3. The summed E-state index contributed by atoms with van der Waals surface area (Å²) in [7, 11) is -8.65. The van der Waals surface area contributed by atoms with Crippen molar-refractivity contribution >= 4 is 32.2 Å². The molecule has 2 aromatic rings. The lowest BCUT2D eigenvalue weighted by molar-refractivity contribution is -0.140. The van der Waals surface area contributed by atoms with Crippen molar-refractivity contribution in [1.82, 2.24) is 0 Å². The van der Waals surface area contributed by atoms with E-state index in [0.717, 1.165) is 11.1 Å². The predicted molar refractivity (Wildman–Crippen MR) is 98.1 cm³/mol. The first-order valence-electron chi connectivity index (χ1n) is 8.07. The van der Waals surface area contributed by atoms with Crippen LogP contribution in [0.5, 0.6) is 0 Å². The van der Waals surface area contributed by atoms with Crippen molar-refractivity contribution in [2.45, 2.75) is 36.5 Å². The van der Waals surface area contributed by atoms with Gasteiger partial charge in [-0.25, -0.2) is 0 Å². The molecule has 0 aliphatic heterocycles. The number of carbonyl (C=O) groups excluding carboxylic acids is 2. The molecule has 0 radical (unpaired) electrons. The molecule has 0 aliphatic rings. The van der Waals surface area contributed by atoms with Crippen molar-refractivity contribution in [3.8, 4) is 0 Å². The minimum Gasteiger partial charge on any atom is -0.342 e. The number of rotatable bonds is 7. The largest absolute Gasteiger partial charge is 0.342 e. The van der Waals surface area contributed by atoms with Crippen molar-refractivity contribution < 1.29 is 34.8 Å². The predicted octanol–water partition coefficient (Wildman–Crippen LogP) is 2.25. The average Bonchev–Trinajstić information content (AvgIpc) is 2.60. The second-order valence-corrected chi connectivity index (χ2v) is 9.04. The van der Waals surface area contributed by atoms with Crippen molar-refractivity contribution in [1.29, 1.82) is 0 Å². The van der Waals surface area contributed by atoms with E-state index in [9.17, 15) is 26.4 Å². The van der Waals surface area contributed by atoms with Gasteiger partial charge < -0.3 is 8.37 Å². The fourth-order valence-corrected chi connectivity index (χ4v) is 3.83. The molecule has 0 saturated carbocycles. The molecule has 2 aromatic carbocycles. The Morgan fingerprint density at radius 3 is 1.21 bits per heavy atom. The first-order valence-corrected chi connectivity index (χ1v) is 10.9. The van der Waals surface area contributed by atoms with Crippen LogP contribution in [0.4, 0.5) is 0 Å². The molecule has 0 aromatic heterocycles. The number of aryl methyl sites for hydroxylation is 2. The SMILES string of the molecule is Cc1ccc(S(=O)(=O)OC(=O)CCC(=O)OS(=O)(=O)c2ccc(C)cc2)cc1. The van der Waals surface area contributed by atoms with Crippen LogP contribution in [0.2, 0.25) is 0 Å². The van der Waals surface area contributed by atoms with Crippen LogP contribution in [0.1, 0.15) is 24.0 Å². The molecular formula is C18H18O8S2. The Morgan fingerprint density at radius 2 is 0.929 bits per heavy atom. The smallest absolute Gasteiger partial charge is 0.341 e. The van der Waals surface area contributed by atoms with Gasteiger partial charge in [0.2, 0.25) is 0 Å². The topological polar surface area (TPSA) is 121 Å². The van der Waals surface area contributed by atoms with Gasteiger partial charge in [-0.2, -0.15) is 16.8 Å². The summed E-state index contributed by atoms with van der Waals surface area (Å²) in [5.74, 6) is -2.41. The van der Waals surface area contributed by atoms with Crippen LogP contribution < -0.4 is 0 Å². The van der Waals surface area contributed by atoms with Gasteiger partial charge in [-0.1, -0.05) is 35.4 Å². The Bertz CT molecular complexity index is 978. The average molecular weight is 426 g/mol. The lowest BCUT2D eigenvalue weighted by Crippen LogP contribution is -2.17. The molecule has 0 heterocycles. The first kappa shape index (κ1) is 21.6. The van der Waals surface area contributed by atoms with Crippen molar-refractivity contribution in [3.05, 3.63) is 59.7 Å². The van der Waals surface area contributed by atoms with Crippen molar-refractivity contribution in [2.75, 3.05) is 0 Å². The second-order valence-electron chi connectivity index (χ2n) is 5.95. The zero-order valence-corrected chi connectivity index (χ0v) is 16.7. The molecule has 0 N–H and O–H groups in total. The van der Waals surface area contributed by atoms with Crippen LogP contribution in [0.3, 0.4) is 0 Å². The molecule has 28 heavy (non-hydrogen) atoms. The van der Waals surface area contributed by atoms with Gasteiger partial charge in [0.05, 0.1) is 12.8 Å². The van der Waals surface area contributed by atoms with E-state index in [1.807, 2.05) is 0 Å². The van der Waals surface area contributed by atoms with E-state index in [1.54, 1.807) is 13.8 Å². The fourth-order valence-electron chi connectivity index (χ4n) is 2.04. The normalized spacial score (nSPS) is 11.6. The fraction of sp³-hybridized carbons (Fsp3) is 0.222. The number of hydrogen-bond donors (Lipinski definition) is 0. The van der Waals surface area contributed by atoms with Gasteiger partial charge in [-0.05, 0) is 38.1 Å². The van der Waals surface area contributed by atoms with Crippen LogP contribution in [0.15, 0.2) is 58.3 Å². The Balaban J connectivity index is 1.92. The van der Waals surface area contributed by atoms with Crippen LogP contribution in [0.25, 0.3) is 0 Å². The maximum Gasteiger partial charge on any atom is 0.341 e. The van der Waals surface area contributed by atoms with Gasteiger partial charge in [0.15, 0.2) is 0 Å². The summed E-state index contributed by atoms with van der Waals surface area (Å²) in [5, 5.41) is 0. The van der Waals surface area contributed by atoms with Gasteiger partial charge in [0.25, 0.3) is 0 Å². The Hall–Kier alpha value is -2.72. The molecule has 0 aliphatic carbocycles. The molecule has 0 fully saturated rings. The van der Waals surface area contributed by atoms with Gasteiger partial charge in [0, 0.05) is 0 Å². The summed E-state index contributed by atoms with van der Waals surface area (Å²) < 4.78 is 56.8. The highest BCUT2D eigenvalue weighted by atomic mass is 32.2. The summed E-state index contributed by atoms with van der Waals surface area (Å²) in [4.78, 5) is 23.0. The quantitative estimate of drug-likeness (QED) is 0.618. The maximum atomic E-state index is 12.0. The highest BCUT2D eigenvalue weighted by molar-refractivity contribution is 7.87. The van der Waals surface area contributed by atoms with E-state index in [1.165, 1.54) is 48.5 Å². The molecule has 0 atom stereocenters. The third-order valence-electron chi connectivity index (χ3n) is 3.56. The highest BCUT2D eigenvalue weighted by Crippen LogP contribution is 2.16. The van der Waals surface area contributed by atoms with Gasteiger partial charge in [0.1, 0.15) is 9.79 Å². The van der Waals surface area contributed by atoms with E-state index in [0.29, 0.717) is 0 Å². The molecule has 2 rings (SSSR count). The molecule has 0 saturated heterocycles. The van der Waals surface area contributed by atoms with Crippen LogP contribution >= 0.6 is 0 Å². The summed E-state index contributed by atoms with van der Waals surface area (Å²) in [6.07, 6.45) is -1.32. The molecule has 10 heteroatoms. The second kappa shape index (κ2) is 8.53. The van der Waals surface area contributed by atoms with Crippen LogP contribution in [-0.4, -0.2) is 28.8 Å². The first-order chi connectivity index (χ1) is 13.0. The maximum absolute atomic E-state index is 12.0. The zero-order valence-electron chi connectivity index (χ0n) is 15.1. The molecule has 0 spiro atoms. The van der Waals surface area contributed by atoms with Gasteiger partial charge in [-0.15, -0.1) is 0 Å². The third-order valence-corrected chi connectivity index (χ3v) is 6.07. The lowest BCUT2D eigenvalue weighted by atomic mass is 10.2. The Morgan fingerprint density at radius 1 is 0.643 bits per heavy atom. The summed E-state index contributed by atoms with van der Waals surface area (Å²) in [6.45, 7) is 3.53. The van der Waals surface area contributed by atoms with Gasteiger partial charge >= 0.3 is 32.2 Å². The highest BCUT2D eigenvalue weighted by Gasteiger charge is 2.23. The minimum atomic E-state index is -4.33. The number of benzene rings is 2. The Labute approximate surface area is 163 Å². The minimum absolute atomic E-state index is 0.212. The van der Waals surface area contributed by atoms with E-state index in [-0.39, 0.29) is 9.79 Å². The Kier molecular flexibility index (Phi) is 6.57. The number of hydrogen-bond acceptors (Lipinski definition) is 8. The van der Waals surface area contributed by atoms with E-state index < -0.39 is 45.0 Å². The third kappa shape index (κ3) is 5.89. The monoisotopic (exact) mass is 426 g/mol. The number of carbonyl (C=O) groups is 2. The molecule has 0 amide bonds. The van der Waals surface area contributed by atoms with Crippen molar-refractivity contribution in [2.24, 2.45) is 0 Å².